The molecule has 1 aliphatic rings. The predicted molar refractivity (Wildman–Crippen MR) is 106 cm³/mol. The van der Waals surface area contributed by atoms with E-state index in [1.54, 1.807) is 23.6 Å². The van der Waals surface area contributed by atoms with Crippen molar-refractivity contribution in [3.8, 4) is 0 Å². The third kappa shape index (κ3) is 2.93. The Morgan fingerprint density at radius 1 is 1.07 bits per heavy atom. The number of ketones is 1. The molecule has 8 nitrogen and oxygen atoms in total. The Kier molecular flexibility index (Phi) is 4.23. The maximum atomic E-state index is 13.1. The first-order valence-electron chi connectivity index (χ1n) is 9.60. The normalized spacial score (nSPS) is 19.5. The molecular formula is C21H20N6O2. The molecule has 0 bridgehead atoms. The molecule has 1 aliphatic heterocycles. The van der Waals surface area contributed by atoms with Crippen LogP contribution in [0, 0.1) is 0 Å². The highest BCUT2D eigenvalue weighted by Gasteiger charge is 2.49. The Morgan fingerprint density at radius 3 is 2.76 bits per heavy atom. The van der Waals surface area contributed by atoms with Crippen LogP contribution in [0.3, 0.4) is 0 Å². The summed E-state index contributed by atoms with van der Waals surface area (Å²) >= 11 is 0. The van der Waals surface area contributed by atoms with Gasteiger partial charge in [0.25, 0.3) is 5.91 Å². The number of H-pyrrole nitrogens is 2. The average molecular weight is 388 g/mol. The third-order valence-corrected chi connectivity index (χ3v) is 5.58. The van der Waals surface area contributed by atoms with E-state index < -0.39 is 17.9 Å². The number of hydrogen-bond acceptors (Lipinski definition) is 4. The molecule has 0 saturated carbocycles. The van der Waals surface area contributed by atoms with Gasteiger partial charge in [-0.1, -0.05) is 18.2 Å². The third-order valence-electron chi connectivity index (χ3n) is 5.58. The van der Waals surface area contributed by atoms with Crippen LogP contribution in [-0.4, -0.2) is 47.9 Å². The quantitative estimate of drug-likeness (QED) is 0.496. The van der Waals surface area contributed by atoms with Crippen molar-refractivity contribution in [3.63, 3.8) is 0 Å². The molecule has 0 spiro atoms. The van der Waals surface area contributed by atoms with Crippen molar-refractivity contribution in [1.29, 1.82) is 0 Å². The lowest BCUT2D eigenvalue weighted by molar-refractivity contribution is -0.140. The molecule has 146 valence electrons. The number of fused-ring (bicyclic) bond motifs is 1. The minimum atomic E-state index is -0.577. The number of imidazole rings is 1. The number of amides is 1. The largest absolute Gasteiger partial charge is 0.361 e. The van der Waals surface area contributed by atoms with Crippen LogP contribution in [0.25, 0.3) is 10.9 Å². The summed E-state index contributed by atoms with van der Waals surface area (Å²) < 4.78 is 1.96. The molecule has 0 aliphatic carbocycles. The number of para-hydroxylation sites is 1. The fraction of sp³-hybridized carbons (Fsp3) is 0.238. The van der Waals surface area contributed by atoms with E-state index >= 15 is 0 Å². The SMILES string of the molecule is O=C1C(=O)N(CCCn2ccnc2)C(c2ccn[nH]2)C1c1c[nH]c2ccccc12. The smallest absolute Gasteiger partial charge is 0.291 e. The number of rotatable bonds is 6. The lowest BCUT2D eigenvalue weighted by Crippen LogP contribution is -2.31. The Balaban J connectivity index is 1.50. The molecule has 4 aromatic rings. The van der Waals surface area contributed by atoms with Crippen LogP contribution in [0.4, 0.5) is 0 Å². The van der Waals surface area contributed by atoms with Gasteiger partial charge >= 0.3 is 0 Å². The first-order chi connectivity index (χ1) is 14.2. The number of hydrogen-bond donors (Lipinski definition) is 2. The van der Waals surface area contributed by atoms with E-state index in [9.17, 15) is 9.59 Å². The van der Waals surface area contributed by atoms with Crippen LogP contribution < -0.4 is 0 Å². The molecule has 2 N–H and O–H groups in total. The summed E-state index contributed by atoms with van der Waals surface area (Å²) in [6, 6.07) is 9.26. The first-order valence-corrected chi connectivity index (χ1v) is 9.60. The fourth-order valence-electron chi connectivity index (χ4n) is 4.25. The van der Waals surface area contributed by atoms with Crippen LogP contribution in [0.15, 0.2) is 61.4 Å². The van der Waals surface area contributed by atoms with Gasteiger partial charge in [0.2, 0.25) is 5.78 Å². The lowest BCUT2D eigenvalue weighted by atomic mass is 9.88. The maximum Gasteiger partial charge on any atom is 0.291 e. The van der Waals surface area contributed by atoms with Crippen LogP contribution in [0.1, 0.15) is 29.6 Å². The molecule has 1 aromatic carbocycles. The standard InChI is InChI=1S/C21H20N6O2/c28-20-18(15-12-23-16-5-2-1-4-14(15)16)19(17-6-7-24-25-17)27(21(20)29)10-3-9-26-11-8-22-13-26/h1-2,4-8,11-13,18-19,23H,3,9-10H2,(H,24,25). The lowest BCUT2D eigenvalue weighted by Gasteiger charge is -2.26. The van der Waals surface area contributed by atoms with Crippen LogP contribution in [0.5, 0.6) is 0 Å². The molecule has 4 heterocycles. The van der Waals surface area contributed by atoms with Crippen LogP contribution in [-0.2, 0) is 16.1 Å². The molecule has 1 saturated heterocycles. The van der Waals surface area contributed by atoms with Gasteiger partial charge in [0.1, 0.15) is 0 Å². The van der Waals surface area contributed by atoms with Gasteiger partial charge in [-0.05, 0) is 24.1 Å². The number of nitrogens with zero attached hydrogens (tertiary/aromatic N) is 4. The molecule has 2 unspecified atom stereocenters. The summed E-state index contributed by atoms with van der Waals surface area (Å²) in [6.07, 6.45) is 9.58. The Morgan fingerprint density at radius 2 is 1.97 bits per heavy atom. The summed E-state index contributed by atoms with van der Waals surface area (Å²) in [5, 5.41) is 7.99. The van der Waals surface area contributed by atoms with E-state index in [2.05, 4.69) is 20.2 Å². The number of likely N-dealkylation sites (tertiary alicyclic amines) is 1. The van der Waals surface area contributed by atoms with E-state index in [1.807, 2.05) is 47.3 Å². The Labute approximate surface area is 166 Å². The maximum absolute atomic E-state index is 13.1. The zero-order valence-electron chi connectivity index (χ0n) is 15.7. The molecule has 1 amide bonds. The molecule has 5 rings (SSSR count). The van der Waals surface area contributed by atoms with Crippen molar-refractivity contribution in [2.24, 2.45) is 0 Å². The van der Waals surface area contributed by atoms with Crippen LogP contribution in [0.2, 0.25) is 0 Å². The number of carbonyl (C=O) groups excluding carboxylic acids is 2. The van der Waals surface area contributed by atoms with E-state index in [4.69, 9.17) is 0 Å². The van der Waals surface area contributed by atoms with Gasteiger partial charge in [-0.15, -0.1) is 0 Å². The topological polar surface area (TPSA) is 99.7 Å². The van der Waals surface area contributed by atoms with Crippen molar-refractivity contribution in [1.82, 2.24) is 29.6 Å². The number of aromatic nitrogens is 5. The second-order valence-corrected chi connectivity index (χ2v) is 7.24. The van der Waals surface area contributed by atoms with Gasteiger partial charge in [0.15, 0.2) is 0 Å². The van der Waals surface area contributed by atoms with E-state index in [0.29, 0.717) is 6.54 Å². The number of aryl methyl sites for hydroxylation is 1. The average Bonchev–Trinajstić information content (AvgIpc) is 3.52. The fourth-order valence-corrected chi connectivity index (χ4v) is 4.25. The second kappa shape index (κ2) is 7.05. The molecule has 2 atom stereocenters. The minimum Gasteiger partial charge on any atom is -0.361 e. The van der Waals surface area contributed by atoms with Gasteiger partial charge in [-0.2, -0.15) is 5.10 Å². The van der Waals surface area contributed by atoms with Crippen molar-refractivity contribution in [2.75, 3.05) is 6.54 Å². The van der Waals surface area contributed by atoms with Gasteiger partial charge in [0.05, 0.1) is 24.0 Å². The zero-order chi connectivity index (χ0) is 19.8. The number of Topliss-reactive ketones (excluding diaryl/α,β-unsaturated/α-hetero) is 1. The Hall–Kier alpha value is -3.68. The summed E-state index contributed by atoms with van der Waals surface area (Å²) in [4.78, 5) is 35.0. The predicted octanol–water partition coefficient (Wildman–Crippen LogP) is 2.41. The second-order valence-electron chi connectivity index (χ2n) is 7.24. The van der Waals surface area contributed by atoms with Crippen molar-refractivity contribution < 1.29 is 9.59 Å². The molecule has 1 fully saturated rings. The monoisotopic (exact) mass is 388 g/mol. The van der Waals surface area contributed by atoms with Crippen molar-refractivity contribution in [2.45, 2.75) is 24.9 Å². The van der Waals surface area contributed by atoms with E-state index in [1.165, 1.54) is 0 Å². The highest BCUT2D eigenvalue weighted by atomic mass is 16.2. The zero-order valence-corrected chi connectivity index (χ0v) is 15.7. The van der Waals surface area contributed by atoms with Gasteiger partial charge < -0.3 is 14.5 Å². The number of aromatic amines is 2. The Bertz CT molecular complexity index is 1150. The van der Waals surface area contributed by atoms with Crippen molar-refractivity contribution >= 4 is 22.6 Å². The number of benzene rings is 1. The number of nitrogens with one attached hydrogen (secondary N) is 2. The number of carbonyl (C=O) groups is 2. The van der Waals surface area contributed by atoms with E-state index in [-0.39, 0.29) is 5.78 Å². The van der Waals surface area contributed by atoms with Crippen molar-refractivity contribution in [3.05, 3.63) is 72.7 Å². The summed E-state index contributed by atoms with van der Waals surface area (Å²) in [5.74, 6) is -1.39. The first kappa shape index (κ1) is 17.4. The molecule has 8 heteroatoms. The molecular weight excluding hydrogens is 368 g/mol. The van der Waals surface area contributed by atoms with Gasteiger partial charge in [-0.25, -0.2) is 4.98 Å². The molecule has 0 radical (unpaired) electrons. The highest BCUT2D eigenvalue weighted by Crippen LogP contribution is 2.43. The minimum absolute atomic E-state index is 0.378. The van der Waals surface area contributed by atoms with E-state index in [0.717, 1.165) is 35.1 Å². The highest BCUT2D eigenvalue weighted by molar-refractivity contribution is 6.40. The summed E-state index contributed by atoms with van der Waals surface area (Å²) in [6.45, 7) is 1.21. The van der Waals surface area contributed by atoms with Gasteiger partial charge in [-0.3, -0.25) is 14.7 Å². The summed E-state index contributed by atoms with van der Waals surface area (Å²) in [5.41, 5.74) is 2.56. The molecule has 29 heavy (non-hydrogen) atoms. The molecule has 3 aromatic heterocycles. The summed E-state index contributed by atoms with van der Waals surface area (Å²) in [7, 11) is 0. The van der Waals surface area contributed by atoms with Gasteiger partial charge in [0, 0.05) is 48.8 Å². The van der Waals surface area contributed by atoms with Crippen LogP contribution >= 0.6 is 0 Å².